The van der Waals surface area contributed by atoms with Crippen molar-refractivity contribution in [1.82, 2.24) is 5.32 Å². The molecule has 1 aromatic rings. The second-order valence-corrected chi connectivity index (χ2v) is 4.74. The van der Waals surface area contributed by atoms with E-state index in [-0.39, 0.29) is 17.0 Å². The van der Waals surface area contributed by atoms with Crippen LogP contribution < -0.4 is 10.6 Å². The lowest BCUT2D eigenvalue weighted by Crippen LogP contribution is -2.44. The van der Waals surface area contributed by atoms with E-state index in [2.05, 4.69) is 28.0 Å². The number of amides is 2. The van der Waals surface area contributed by atoms with Crippen molar-refractivity contribution in [2.24, 2.45) is 0 Å². The second kappa shape index (κ2) is 8.62. The van der Waals surface area contributed by atoms with Gasteiger partial charge >= 0.3 is 18.0 Å². The summed E-state index contributed by atoms with van der Waals surface area (Å²) < 4.78 is 4.57. The summed E-state index contributed by atoms with van der Waals surface area (Å²) in [5, 5.41) is 31.2. The summed E-state index contributed by atoms with van der Waals surface area (Å²) in [5.74, 6) is -4.15. The molecule has 0 radical (unpaired) electrons. The first-order valence-corrected chi connectivity index (χ1v) is 7.01. The van der Waals surface area contributed by atoms with Crippen LogP contribution in [0, 0.1) is 0 Å². The number of thiol groups is 1. The smallest absolute Gasteiger partial charge is 0.412 e. The number of carboxylic acids is 2. The largest absolute Gasteiger partial charge is 0.507 e. The van der Waals surface area contributed by atoms with Crippen LogP contribution in [-0.2, 0) is 14.3 Å². The number of aliphatic carboxylic acids is 1. The molecule has 5 N–H and O–H groups in total. The second-order valence-electron chi connectivity index (χ2n) is 4.38. The van der Waals surface area contributed by atoms with Gasteiger partial charge in [-0.05, 0) is 12.1 Å². The van der Waals surface area contributed by atoms with Crippen molar-refractivity contribution in [3.8, 4) is 5.75 Å². The van der Waals surface area contributed by atoms with Crippen LogP contribution in [0.4, 0.5) is 10.5 Å². The maximum Gasteiger partial charge on any atom is 0.412 e. The van der Waals surface area contributed by atoms with E-state index in [1.165, 1.54) is 6.07 Å². The number of anilines is 1. The van der Waals surface area contributed by atoms with Crippen LogP contribution in [0.15, 0.2) is 18.2 Å². The molecule has 0 saturated heterocycles. The van der Waals surface area contributed by atoms with E-state index in [0.29, 0.717) is 0 Å². The van der Waals surface area contributed by atoms with Gasteiger partial charge in [0.1, 0.15) is 17.4 Å². The van der Waals surface area contributed by atoms with Crippen LogP contribution in [0.2, 0.25) is 0 Å². The molecule has 11 heteroatoms. The van der Waals surface area contributed by atoms with Gasteiger partial charge in [-0.25, -0.2) is 14.4 Å². The van der Waals surface area contributed by atoms with Crippen LogP contribution in [0.5, 0.6) is 5.75 Å². The highest BCUT2D eigenvalue weighted by atomic mass is 32.1. The maximum absolute atomic E-state index is 11.5. The normalized spacial score (nSPS) is 11.2. The summed E-state index contributed by atoms with van der Waals surface area (Å²) in [6.07, 6.45) is -1.05. The Balaban J connectivity index is 2.52. The first kappa shape index (κ1) is 19.1. The fraction of sp³-hybridized carbons (Fsp3) is 0.231. The van der Waals surface area contributed by atoms with Crippen LogP contribution in [0.1, 0.15) is 10.4 Å². The van der Waals surface area contributed by atoms with Gasteiger partial charge in [-0.2, -0.15) is 12.6 Å². The first-order chi connectivity index (χ1) is 11.2. The quantitative estimate of drug-likeness (QED) is 0.375. The molecule has 24 heavy (non-hydrogen) atoms. The molecule has 0 bridgehead atoms. The SMILES string of the molecule is O=C(COC(=O)Nc1ccc(C(=O)O)c(O)c1)NC(CS)C(=O)O. The Morgan fingerprint density at radius 2 is 1.88 bits per heavy atom. The number of hydrogen-bond donors (Lipinski definition) is 6. The number of ether oxygens (including phenoxy) is 1. The summed E-state index contributed by atoms with van der Waals surface area (Å²) in [6.45, 7) is -0.734. The third kappa shape index (κ3) is 5.68. The molecule has 0 aromatic heterocycles. The summed E-state index contributed by atoms with van der Waals surface area (Å²) >= 11 is 3.76. The molecule has 0 aliphatic carbocycles. The average Bonchev–Trinajstić information content (AvgIpc) is 2.50. The van der Waals surface area contributed by atoms with Gasteiger partial charge in [0.05, 0.1) is 0 Å². The minimum absolute atomic E-state index is 0.0432. The lowest BCUT2D eigenvalue weighted by molar-refractivity contribution is -0.141. The van der Waals surface area contributed by atoms with Gasteiger partial charge < -0.3 is 25.4 Å². The number of nitrogens with one attached hydrogen (secondary N) is 2. The molecule has 1 rings (SSSR count). The third-order valence-electron chi connectivity index (χ3n) is 2.62. The number of aromatic hydroxyl groups is 1. The molecule has 10 nitrogen and oxygen atoms in total. The predicted octanol–water partition coefficient (Wildman–Crippen LogP) is 0.138. The molecule has 0 aliphatic heterocycles. The van der Waals surface area contributed by atoms with E-state index < -0.39 is 42.3 Å². The molecule has 0 aliphatic rings. The Hall–Kier alpha value is -2.95. The monoisotopic (exact) mass is 358 g/mol. The van der Waals surface area contributed by atoms with Crippen molar-refractivity contribution in [2.45, 2.75) is 6.04 Å². The molecular weight excluding hydrogens is 344 g/mol. The van der Waals surface area contributed by atoms with Crippen molar-refractivity contribution in [3.63, 3.8) is 0 Å². The summed E-state index contributed by atoms with van der Waals surface area (Å²) in [4.78, 5) is 44.4. The molecule has 0 fully saturated rings. The highest BCUT2D eigenvalue weighted by molar-refractivity contribution is 7.80. The standard InChI is InChI=1S/C13H14N2O8S/c16-9-3-6(1-2-7(9)11(18)19)14-13(22)23-4-10(17)15-8(5-24)12(20)21/h1-3,8,16,24H,4-5H2,(H,14,22)(H,15,17)(H,18,19)(H,20,21). The summed E-state index contributed by atoms with van der Waals surface area (Å²) in [6, 6.07) is 2.07. The molecular formula is C13H14N2O8S. The van der Waals surface area contributed by atoms with Crippen LogP contribution in [0.25, 0.3) is 0 Å². The van der Waals surface area contributed by atoms with E-state index in [1.807, 2.05) is 0 Å². The summed E-state index contributed by atoms with van der Waals surface area (Å²) in [5.41, 5.74) is -0.304. The van der Waals surface area contributed by atoms with E-state index in [4.69, 9.17) is 10.2 Å². The number of benzene rings is 1. The van der Waals surface area contributed by atoms with Gasteiger partial charge in [0.2, 0.25) is 0 Å². The number of carboxylic acid groups (broad SMARTS) is 2. The van der Waals surface area contributed by atoms with E-state index in [0.717, 1.165) is 12.1 Å². The van der Waals surface area contributed by atoms with Gasteiger partial charge in [0.25, 0.3) is 5.91 Å². The van der Waals surface area contributed by atoms with Gasteiger partial charge in [0.15, 0.2) is 6.61 Å². The molecule has 1 aromatic carbocycles. The Morgan fingerprint density at radius 3 is 2.38 bits per heavy atom. The van der Waals surface area contributed by atoms with Crippen LogP contribution >= 0.6 is 12.6 Å². The summed E-state index contributed by atoms with van der Waals surface area (Å²) in [7, 11) is 0. The molecule has 0 saturated carbocycles. The number of carbonyl (C=O) groups excluding carboxylic acids is 2. The fourth-order valence-electron chi connectivity index (χ4n) is 1.50. The molecule has 1 atom stereocenters. The minimum atomic E-state index is -1.34. The minimum Gasteiger partial charge on any atom is -0.507 e. The zero-order valence-corrected chi connectivity index (χ0v) is 12.9. The fourth-order valence-corrected chi connectivity index (χ4v) is 1.74. The van der Waals surface area contributed by atoms with E-state index in [1.54, 1.807) is 0 Å². The number of carbonyl (C=O) groups is 4. The van der Waals surface area contributed by atoms with Crippen molar-refractivity contribution in [1.29, 1.82) is 0 Å². The van der Waals surface area contributed by atoms with Crippen molar-refractivity contribution in [3.05, 3.63) is 23.8 Å². The molecule has 130 valence electrons. The van der Waals surface area contributed by atoms with E-state index in [9.17, 15) is 24.3 Å². The molecule has 2 amide bonds. The molecule has 1 unspecified atom stereocenters. The predicted molar refractivity (Wildman–Crippen MR) is 83.5 cm³/mol. The maximum atomic E-state index is 11.5. The average molecular weight is 358 g/mol. The zero-order chi connectivity index (χ0) is 18.3. The Kier molecular flexibility index (Phi) is 6.86. The molecule has 0 spiro atoms. The van der Waals surface area contributed by atoms with Gasteiger partial charge in [0, 0.05) is 17.5 Å². The topological polar surface area (TPSA) is 162 Å². The number of rotatable bonds is 7. The first-order valence-electron chi connectivity index (χ1n) is 6.37. The third-order valence-corrected chi connectivity index (χ3v) is 2.99. The highest BCUT2D eigenvalue weighted by Crippen LogP contribution is 2.21. The van der Waals surface area contributed by atoms with Crippen molar-refractivity contribution >= 4 is 42.3 Å². The van der Waals surface area contributed by atoms with Gasteiger partial charge in [-0.3, -0.25) is 10.1 Å². The zero-order valence-electron chi connectivity index (χ0n) is 12.1. The number of phenols is 1. The van der Waals surface area contributed by atoms with Gasteiger partial charge in [-0.15, -0.1) is 0 Å². The number of aromatic carboxylic acids is 1. The van der Waals surface area contributed by atoms with Crippen molar-refractivity contribution in [2.75, 3.05) is 17.7 Å². The Bertz CT molecular complexity index is 663. The number of hydrogen-bond acceptors (Lipinski definition) is 7. The van der Waals surface area contributed by atoms with Crippen LogP contribution in [-0.4, -0.2) is 57.7 Å². The lowest BCUT2D eigenvalue weighted by Gasteiger charge is -2.12. The highest BCUT2D eigenvalue weighted by Gasteiger charge is 2.19. The Labute approximate surface area is 140 Å². The lowest BCUT2D eigenvalue weighted by atomic mass is 10.2. The van der Waals surface area contributed by atoms with Crippen molar-refractivity contribution < 1.29 is 39.2 Å². The van der Waals surface area contributed by atoms with E-state index >= 15 is 0 Å². The van der Waals surface area contributed by atoms with Gasteiger partial charge in [-0.1, -0.05) is 0 Å². The Morgan fingerprint density at radius 1 is 1.21 bits per heavy atom. The van der Waals surface area contributed by atoms with Crippen LogP contribution in [0.3, 0.4) is 0 Å². The molecule has 0 heterocycles.